The fraction of sp³-hybridized carbons (Fsp3) is 0.700. The van der Waals surface area contributed by atoms with E-state index < -0.39 is 60.2 Å². The summed E-state index contributed by atoms with van der Waals surface area (Å²) in [7, 11) is 0. The predicted molar refractivity (Wildman–Crippen MR) is 121 cm³/mol. The highest BCUT2D eigenvalue weighted by Crippen LogP contribution is 2.20. The molecule has 0 aliphatic carbocycles. The number of aliphatic carboxylic acids is 2. The smallest absolute Gasteiger partial charge is 0.326 e. The molecule has 1 aliphatic rings. The lowest BCUT2D eigenvalue weighted by atomic mass is 10.0. The van der Waals surface area contributed by atoms with E-state index in [0.29, 0.717) is 19.3 Å². The summed E-state index contributed by atoms with van der Waals surface area (Å²) in [6.07, 6.45) is 0.629. The van der Waals surface area contributed by atoms with E-state index in [1.807, 2.05) is 0 Å². The van der Waals surface area contributed by atoms with Crippen LogP contribution in [0, 0.1) is 5.92 Å². The lowest BCUT2D eigenvalue weighted by molar-refractivity contribution is -0.145. The van der Waals surface area contributed by atoms with Crippen molar-refractivity contribution in [2.24, 2.45) is 28.1 Å². The maximum absolute atomic E-state index is 13.3. The molecule has 1 aliphatic heterocycles. The molecule has 1 fully saturated rings. The van der Waals surface area contributed by atoms with Gasteiger partial charge in [-0.15, -0.1) is 0 Å². The third-order valence-corrected chi connectivity index (χ3v) is 5.36. The van der Waals surface area contributed by atoms with Gasteiger partial charge in [-0.05, 0) is 31.6 Å². The fourth-order valence-corrected chi connectivity index (χ4v) is 3.59. The second-order valence-electron chi connectivity index (χ2n) is 8.47. The summed E-state index contributed by atoms with van der Waals surface area (Å²) < 4.78 is 0. The number of nitrogens with zero attached hydrogens (tertiary/aromatic N) is 2. The van der Waals surface area contributed by atoms with E-state index >= 15 is 0 Å². The van der Waals surface area contributed by atoms with Crippen molar-refractivity contribution < 1.29 is 34.2 Å². The Morgan fingerprint density at radius 1 is 1.12 bits per heavy atom. The number of carbonyl (C=O) groups excluding carboxylic acids is 3. The van der Waals surface area contributed by atoms with E-state index in [4.69, 9.17) is 22.3 Å². The second kappa shape index (κ2) is 13.3. The largest absolute Gasteiger partial charge is 0.481 e. The first-order valence-electron chi connectivity index (χ1n) is 11.0. The van der Waals surface area contributed by atoms with Crippen molar-refractivity contribution in [3.63, 3.8) is 0 Å². The quantitative estimate of drug-likeness (QED) is 0.0823. The van der Waals surface area contributed by atoms with E-state index in [2.05, 4.69) is 15.6 Å². The maximum atomic E-state index is 13.3. The zero-order valence-electron chi connectivity index (χ0n) is 19.4. The molecule has 0 bridgehead atoms. The summed E-state index contributed by atoms with van der Waals surface area (Å²) >= 11 is 0. The number of guanidine groups is 1. The average molecular weight is 486 g/mol. The second-order valence-corrected chi connectivity index (χ2v) is 8.47. The van der Waals surface area contributed by atoms with Gasteiger partial charge in [0.15, 0.2) is 5.96 Å². The molecule has 1 saturated heterocycles. The summed E-state index contributed by atoms with van der Waals surface area (Å²) in [6.45, 7) is 3.72. The van der Waals surface area contributed by atoms with Crippen LogP contribution < -0.4 is 27.8 Å². The lowest BCUT2D eigenvalue weighted by Gasteiger charge is -2.30. The monoisotopic (exact) mass is 485 g/mol. The Labute approximate surface area is 197 Å². The van der Waals surface area contributed by atoms with Crippen LogP contribution in [0.2, 0.25) is 0 Å². The Bertz CT molecular complexity index is 798. The molecule has 0 aromatic rings. The topological polar surface area (TPSA) is 244 Å². The van der Waals surface area contributed by atoms with Crippen LogP contribution in [0.25, 0.3) is 0 Å². The number of nitrogens with two attached hydrogens (primary N) is 3. The molecule has 1 heterocycles. The minimum atomic E-state index is -1.37. The first-order chi connectivity index (χ1) is 15.8. The van der Waals surface area contributed by atoms with Crippen LogP contribution in [0.5, 0.6) is 0 Å². The van der Waals surface area contributed by atoms with Gasteiger partial charge >= 0.3 is 11.9 Å². The number of likely N-dealkylation sites (tertiary alicyclic amines) is 1. The molecule has 0 aromatic heterocycles. The Balaban J connectivity index is 3.00. The highest BCUT2D eigenvalue weighted by Gasteiger charge is 2.39. The third-order valence-electron chi connectivity index (χ3n) is 5.36. The third kappa shape index (κ3) is 8.84. The van der Waals surface area contributed by atoms with Crippen molar-refractivity contribution in [3.05, 3.63) is 0 Å². The van der Waals surface area contributed by atoms with Gasteiger partial charge in [0.2, 0.25) is 17.7 Å². The Hall–Kier alpha value is -3.42. The molecule has 14 heteroatoms. The number of carbonyl (C=O) groups is 5. The molecule has 192 valence electrons. The van der Waals surface area contributed by atoms with E-state index in [-0.39, 0.29) is 31.4 Å². The van der Waals surface area contributed by atoms with Gasteiger partial charge in [0, 0.05) is 13.1 Å². The van der Waals surface area contributed by atoms with E-state index in [0.717, 1.165) is 0 Å². The molecule has 10 N–H and O–H groups in total. The van der Waals surface area contributed by atoms with E-state index in [9.17, 15) is 29.1 Å². The molecule has 4 unspecified atom stereocenters. The van der Waals surface area contributed by atoms with E-state index in [1.165, 1.54) is 4.90 Å². The van der Waals surface area contributed by atoms with Crippen LogP contribution >= 0.6 is 0 Å². The number of carboxylic acid groups (broad SMARTS) is 2. The number of carboxylic acids is 2. The highest BCUT2D eigenvalue weighted by atomic mass is 16.4. The number of hydrogen-bond donors (Lipinski definition) is 7. The van der Waals surface area contributed by atoms with Crippen molar-refractivity contribution in [2.75, 3.05) is 13.1 Å². The summed E-state index contributed by atoms with van der Waals surface area (Å²) in [6, 6.07) is -4.49. The summed E-state index contributed by atoms with van der Waals surface area (Å²) in [4.78, 5) is 65.9. The Morgan fingerprint density at radius 2 is 1.76 bits per heavy atom. The number of hydrogen-bond acceptors (Lipinski definition) is 7. The van der Waals surface area contributed by atoms with Crippen molar-refractivity contribution in [1.82, 2.24) is 15.5 Å². The average Bonchev–Trinajstić information content (AvgIpc) is 3.22. The van der Waals surface area contributed by atoms with Gasteiger partial charge in [-0.2, -0.15) is 0 Å². The summed E-state index contributed by atoms with van der Waals surface area (Å²) in [5.74, 6) is -4.94. The molecule has 4 atom stereocenters. The van der Waals surface area contributed by atoms with Crippen molar-refractivity contribution in [1.29, 1.82) is 0 Å². The minimum Gasteiger partial charge on any atom is -0.481 e. The summed E-state index contributed by atoms with van der Waals surface area (Å²) in [5, 5.41) is 23.2. The van der Waals surface area contributed by atoms with Gasteiger partial charge in [0.05, 0.1) is 12.5 Å². The van der Waals surface area contributed by atoms with E-state index in [1.54, 1.807) is 13.8 Å². The van der Waals surface area contributed by atoms with Crippen molar-refractivity contribution in [3.8, 4) is 0 Å². The summed E-state index contributed by atoms with van der Waals surface area (Å²) in [5.41, 5.74) is 16.2. The van der Waals surface area contributed by atoms with Crippen LogP contribution in [-0.2, 0) is 24.0 Å². The van der Waals surface area contributed by atoms with Gasteiger partial charge in [-0.3, -0.25) is 24.2 Å². The minimum absolute atomic E-state index is 0.107. The van der Waals surface area contributed by atoms with Crippen LogP contribution in [-0.4, -0.2) is 88.0 Å². The SMILES string of the molecule is CC(C)C(NC(=O)C1CCCN1C(=O)C(CCCN=C(N)N)NC(=O)C(N)CC(=O)O)C(=O)O. The molecule has 34 heavy (non-hydrogen) atoms. The van der Waals surface area contributed by atoms with Crippen molar-refractivity contribution in [2.45, 2.75) is 70.1 Å². The van der Waals surface area contributed by atoms with Crippen LogP contribution in [0.3, 0.4) is 0 Å². The first kappa shape index (κ1) is 28.6. The normalized spacial score (nSPS) is 18.0. The highest BCUT2D eigenvalue weighted by molar-refractivity contribution is 5.95. The van der Waals surface area contributed by atoms with Gasteiger partial charge in [0.1, 0.15) is 18.1 Å². The molecule has 0 spiro atoms. The molecule has 1 rings (SSSR count). The maximum Gasteiger partial charge on any atom is 0.326 e. The molecule has 3 amide bonds. The zero-order chi connectivity index (χ0) is 26.0. The molecule has 0 aromatic carbocycles. The van der Waals surface area contributed by atoms with Gasteiger partial charge < -0.3 is 42.9 Å². The lowest BCUT2D eigenvalue weighted by Crippen LogP contribution is -2.57. The number of rotatable bonds is 13. The molecule has 0 radical (unpaired) electrons. The van der Waals surface area contributed by atoms with Gasteiger partial charge in [0.25, 0.3) is 0 Å². The fourth-order valence-electron chi connectivity index (χ4n) is 3.59. The standard InChI is InChI=1S/C20H35N7O7/c1-10(2)15(19(33)34)26-17(31)13-6-4-8-27(13)18(32)12(5-3-7-24-20(22)23)25-16(30)11(21)9-14(28)29/h10-13,15H,3-9,21H2,1-2H3,(H,25,30)(H,26,31)(H,28,29)(H,33,34)(H4,22,23,24). The van der Waals surface area contributed by atoms with Crippen LogP contribution in [0.1, 0.15) is 46.0 Å². The molecule has 14 nitrogen and oxygen atoms in total. The molecular weight excluding hydrogens is 450 g/mol. The van der Waals surface area contributed by atoms with Crippen molar-refractivity contribution >= 4 is 35.6 Å². The first-order valence-corrected chi connectivity index (χ1v) is 11.0. The van der Waals surface area contributed by atoms with Crippen LogP contribution in [0.4, 0.5) is 0 Å². The Morgan fingerprint density at radius 3 is 2.29 bits per heavy atom. The number of amides is 3. The van der Waals surface area contributed by atoms with Gasteiger partial charge in [-0.25, -0.2) is 4.79 Å². The molecule has 0 saturated carbocycles. The number of nitrogens with one attached hydrogen (secondary N) is 2. The predicted octanol–water partition coefficient (Wildman–Crippen LogP) is -2.46. The number of aliphatic imine (C=N–C) groups is 1. The zero-order valence-corrected chi connectivity index (χ0v) is 19.4. The van der Waals surface area contributed by atoms with Gasteiger partial charge in [-0.1, -0.05) is 13.8 Å². The molecular formula is C20H35N7O7. The Kier molecular flexibility index (Phi) is 11.2. The van der Waals surface area contributed by atoms with Crippen LogP contribution in [0.15, 0.2) is 4.99 Å².